The number of aromatic nitrogens is 2. The molecule has 0 unspecified atom stereocenters. The van der Waals surface area contributed by atoms with Crippen molar-refractivity contribution in [3.05, 3.63) is 48.3 Å². The number of nitrogens with zero attached hydrogens (tertiary/aromatic N) is 2. The number of carbonyl (C=O) groups excluding carboxylic acids is 1. The summed E-state index contributed by atoms with van der Waals surface area (Å²) >= 11 is 0. The van der Waals surface area contributed by atoms with Crippen LogP contribution in [0.4, 0.5) is 11.4 Å². The molecular formula is C16H14N4O3S. The minimum absolute atomic E-state index is 0.0443. The molecule has 0 aliphatic carbocycles. The van der Waals surface area contributed by atoms with Crippen molar-refractivity contribution in [3.63, 3.8) is 0 Å². The highest BCUT2D eigenvalue weighted by Crippen LogP contribution is 2.30. The van der Waals surface area contributed by atoms with Gasteiger partial charge in [-0.2, -0.15) is 0 Å². The molecule has 8 heteroatoms. The van der Waals surface area contributed by atoms with Gasteiger partial charge >= 0.3 is 0 Å². The maximum Gasteiger partial charge on any atom is 0.261 e. The van der Waals surface area contributed by atoms with Gasteiger partial charge in [-0.1, -0.05) is 0 Å². The number of H-pyrrole nitrogens is 1. The van der Waals surface area contributed by atoms with Gasteiger partial charge in [-0.05, 0) is 42.0 Å². The van der Waals surface area contributed by atoms with Crippen LogP contribution in [0.25, 0.3) is 11.0 Å². The molecule has 1 amide bonds. The Morgan fingerprint density at radius 2 is 2.04 bits per heavy atom. The molecule has 3 aromatic rings. The molecule has 1 aromatic heterocycles. The van der Waals surface area contributed by atoms with E-state index in [4.69, 9.17) is 0 Å². The summed E-state index contributed by atoms with van der Waals surface area (Å²) in [5.74, 6) is -0.0443. The summed E-state index contributed by atoms with van der Waals surface area (Å²) in [6.07, 6.45) is 1.77. The summed E-state index contributed by atoms with van der Waals surface area (Å²) in [5.41, 5.74) is 3.42. The van der Waals surface area contributed by atoms with Crippen LogP contribution in [0.3, 0.4) is 0 Å². The van der Waals surface area contributed by atoms with Crippen LogP contribution in [0.2, 0.25) is 0 Å². The van der Waals surface area contributed by atoms with Crippen LogP contribution in [-0.2, 0) is 21.2 Å². The van der Waals surface area contributed by atoms with Crippen molar-refractivity contribution >= 4 is 38.3 Å². The molecule has 0 fully saturated rings. The summed E-state index contributed by atoms with van der Waals surface area (Å²) < 4.78 is 27.8. The molecule has 24 heavy (non-hydrogen) atoms. The Balaban J connectivity index is 1.68. The summed E-state index contributed by atoms with van der Waals surface area (Å²) in [5, 5.41) is 0. The Labute approximate surface area is 138 Å². The first-order chi connectivity index (χ1) is 11.4. The molecule has 0 spiro atoms. The second-order valence-electron chi connectivity index (χ2n) is 5.66. The Bertz CT molecular complexity index is 1070. The number of benzene rings is 2. The molecule has 2 heterocycles. The standard InChI is InChI=1S/C16H14N4O3S/c1-20-15-5-3-12(6-10(15)7-16(20)21)24(22,23)19-11-2-4-13-14(8-11)18-9-17-13/h2-6,8-9,19H,7H2,1H3,(H,17,18). The van der Waals surface area contributed by atoms with E-state index in [1.165, 1.54) is 11.0 Å². The fraction of sp³-hybridized carbons (Fsp3) is 0.125. The first-order valence-electron chi connectivity index (χ1n) is 7.29. The molecule has 0 atom stereocenters. The van der Waals surface area contributed by atoms with Gasteiger partial charge in [-0.25, -0.2) is 13.4 Å². The second-order valence-corrected chi connectivity index (χ2v) is 7.34. The van der Waals surface area contributed by atoms with Crippen molar-refractivity contribution in [2.45, 2.75) is 11.3 Å². The molecule has 7 nitrogen and oxygen atoms in total. The first-order valence-corrected chi connectivity index (χ1v) is 8.78. The fourth-order valence-corrected chi connectivity index (χ4v) is 3.93. The minimum atomic E-state index is -3.74. The van der Waals surface area contributed by atoms with Gasteiger partial charge in [0.25, 0.3) is 10.0 Å². The lowest BCUT2D eigenvalue weighted by Gasteiger charge is -2.12. The minimum Gasteiger partial charge on any atom is -0.345 e. The maximum absolute atomic E-state index is 12.6. The maximum atomic E-state index is 12.6. The molecule has 0 saturated heterocycles. The third kappa shape index (κ3) is 2.31. The third-order valence-corrected chi connectivity index (χ3v) is 5.49. The largest absolute Gasteiger partial charge is 0.345 e. The van der Waals surface area contributed by atoms with E-state index in [9.17, 15) is 13.2 Å². The van der Waals surface area contributed by atoms with Gasteiger partial charge in [0.05, 0.1) is 34.4 Å². The van der Waals surface area contributed by atoms with Crippen LogP contribution < -0.4 is 9.62 Å². The van der Waals surface area contributed by atoms with Gasteiger partial charge in [-0.3, -0.25) is 9.52 Å². The Kier molecular flexibility index (Phi) is 3.10. The summed E-state index contributed by atoms with van der Waals surface area (Å²) in [4.78, 5) is 20.4. The lowest BCUT2D eigenvalue weighted by atomic mass is 10.2. The summed E-state index contributed by atoms with van der Waals surface area (Å²) in [6, 6.07) is 9.79. The van der Waals surface area contributed by atoms with Gasteiger partial charge in [0.1, 0.15) is 0 Å². The van der Waals surface area contributed by atoms with E-state index in [-0.39, 0.29) is 17.2 Å². The zero-order chi connectivity index (χ0) is 16.9. The number of hydrogen-bond acceptors (Lipinski definition) is 4. The Morgan fingerprint density at radius 3 is 2.88 bits per heavy atom. The van der Waals surface area contributed by atoms with Crippen LogP contribution in [0, 0.1) is 0 Å². The van der Waals surface area contributed by atoms with E-state index in [2.05, 4.69) is 14.7 Å². The van der Waals surface area contributed by atoms with E-state index in [0.717, 1.165) is 22.3 Å². The van der Waals surface area contributed by atoms with Gasteiger partial charge in [0.2, 0.25) is 5.91 Å². The molecular weight excluding hydrogens is 328 g/mol. The van der Waals surface area contributed by atoms with Gasteiger partial charge in [0.15, 0.2) is 0 Å². The summed E-state index contributed by atoms with van der Waals surface area (Å²) in [6.45, 7) is 0. The number of carbonyl (C=O) groups is 1. The van der Waals surface area contributed by atoms with Crippen molar-refractivity contribution in [1.82, 2.24) is 9.97 Å². The van der Waals surface area contributed by atoms with E-state index >= 15 is 0 Å². The number of rotatable bonds is 3. The fourth-order valence-electron chi connectivity index (χ4n) is 2.83. The van der Waals surface area contributed by atoms with Gasteiger partial charge in [-0.15, -0.1) is 0 Å². The lowest BCUT2D eigenvalue weighted by Crippen LogP contribution is -2.20. The quantitative estimate of drug-likeness (QED) is 0.760. The van der Waals surface area contributed by atoms with Crippen molar-refractivity contribution in [2.24, 2.45) is 0 Å². The monoisotopic (exact) mass is 342 g/mol. The summed E-state index contributed by atoms with van der Waals surface area (Å²) in [7, 11) is -2.05. The molecule has 1 aliphatic rings. The normalized spacial score (nSPS) is 14.2. The molecule has 0 bridgehead atoms. The van der Waals surface area contributed by atoms with E-state index in [1.54, 1.807) is 43.7 Å². The number of nitrogens with one attached hydrogen (secondary N) is 2. The molecule has 1 aliphatic heterocycles. The number of anilines is 2. The Morgan fingerprint density at radius 1 is 1.21 bits per heavy atom. The second kappa shape index (κ2) is 5.07. The topological polar surface area (TPSA) is 95.2 Å². The van der Waals surface area contributed by atoms with Crippen LogP contribution in [-0.4, -0.2) is 31.3 Å². The molecule has 2 aromatic carbocycles. The average Bonchev–Trinajstić information content (AvgIpc) is 3.11. The van der Waals surface area contributed by atoms with E-state index < -0.39 is 10.0 Å². The predicted octanol–water partition coefficient (Wildman–Crippen LogP) is 1.88. The highest BCUT2D eigenvalue weighted by molar-refractivity contribution is 7.92. The van der Waals surface area contributed by atoms with Crippen LogP contribution in [0.15, 0.2) is 47.6 Å². The van der Waals surface area contributed by atoms with Crippen molar-refractivity contribution < 1.29 is 13.2 Å². The smallest absolute Gasteiger partial charge is 0.261 e. The first kappa shape index (κ1) is 14.7. The highest BCUT2D eigenvalue weighted by Gasteiger charge is 2.26. The highest BCUT2D eigenvalue weighted by atomic mass is 32.2. The molecule has 122 valence electrons. The number of sulfonamides is 1. The van der Waals surface area contributed by atoms with E-state index in [0.29, 0.717) is 5.69 Å². The zero-order valence-electron chi connectivity index (χ0n) is 12.8. The number of aromatic amines is 1. The lowest BCUT2D eigenvalue weighted by molar-refractivity contribution is -0.117. The molecule has 0 radical (unpaired) electrons. The van der Waals surface area contributed by atoms with Crippen LogP contribution in [0.5, 0.6) is 0 Å². The SMILES string of the molecule is CN1C(=O)Cc2cc(S(=O)(=O)Nc3ccc4nc[nH]c4c3)ccc21. The number of amides is 1. The van der Waals surface area contributed by atoms with Crippen LogP contribution >= 0.6 is 0 Å². The number of hydrogen-bond donors (Lipinski definition) is 2. The van der Waals surface area contributed by atoms with Crippen molar-refractivity contribution in [3.8, 4) is 0 Å². The molecule has 0 saturated carbocycles. The third-order valence-electron chi connectivity index (χ3n) is 4.11. The zero-order valence-corrected chi connectivity index (χ0v) is 13.6. The predicted molar refractivity (Wildman–Crippen MR) is 90.5 cm³/mol. The van der Waals surface area contributed by atoms with Crippen molar-refractivity contribution in [1.29, 1.82) is 0 Å². The number of fused-ring (bicyclic) bond motifs is 2. The number of likely N-dealkylation sites (N-methyl/N-ethyl adjacent to an activating group) is 1. The van der Waals surface area contributed by atoms with Crippen LogP contribution in [0.1, 0.15) is 5.56 Å². The average molecular weight is 342 g/mol. The van der Waals surface area contributed by atoms with Crippen molar-refractivity contribution in [2.75, 3.05) is 16.7 Å². The molecule has 2 N–H and O–H groups in total. The van der Waals surface area contributed by atoms with Gasteiger partial charge < -0.3 is 9.88 Å². The van der Waals surface area contributed by atoms with Gasteiger partial charge in [0, 0.05) is 12.7 Å². The van der Waals surface area contributed by atoms with E-state index in [1.807, 2.05) is 0 Å². The molecule has 4 rings (SSSR count). The number of imidazole rings is 1. The Hall–Kier alpha value is -2.87.